The average molecular weight is 336 g/mol. The Bertz CT molecular complexity index is 599. The van der Waals surface area contributed by atoms with Crippen molar-refractivity contribution >= 4 is 17.5 Å². The Kier molecular flexibility index (Phi) is 3.71. The summed E-state index contributed by atoms with van der Waals surface area (Å²) in [6.07, 6.45) is 8.03. The van der Waals surface area contributed by atoms with Gasteiger partial charge in [-0.1, -0.05) is 11.6 Å². The molecule has 124 valence electrons. The molecule has 4 aliphatic carbocycles. The molecule has 1 N–H and O–H groups in total. The van der Waals surface area contributed by atoms with E-state index in [1.807, 2.05) is 0 Å². The standard InChI is InChI=1S/C17H22ClN3O2/c1-23-14-5-13(15(18)21-20-14)16(22)19-9-17-6-10-2-11(7-17)4-12(3-10)8-17/h5,10-12H,2-4,6-9H2,1H3,(H,19,22). The highest BCUT2D eigenvalue weighted by molar-refractivity contribution is 6.32. The lowest BCUT2D eigenvalue weighted by Gasteiger charge is -2.56. The van der Waals surface area contributed by atoms with Gasteiger partial charge in [0.1, 0.15) is 0 Å². The zero-order valence-corrected chi connectivity index (χ0v) is 14.1. The van der Waals surface area contributed by atoms with Crippen LogP contribution in [0.3, 0.4) is 0 Å². The van der Waals surface area contributed by atoms with Crippen LogP contribution in [-0.2, 0) is 0 Å². The molecular weight excluding hydrogens is 314 g/mol. The molecular formula is C17H22ClN3O2. The molecule has 0 unspecified atom stereocenters. The van der Waals surface area contributed by atoms with Crippen LogP contribution in [0.15, 0.2) is 6.07 Å². The number of halogens is 1. The number of nitrogens with one attached hydrogen (secondary N) is 1. The largest absolute Gasteiger partial charge is 0.480 e. The summed E-state index contributed by atoms with van der Waals surface area (Å²) >= 11 is 6.01. The third-order valence-electron chi connectivity index (χ3n) is 5.97. The lowest BCUT2D eigenvalue weighted by atomic mass is 9.49. The number of aromatic nitrogens is 2. The second-order valence-corrected chi connectivity index (χ2v) is 8.05. The van der Waals surface area contributed by atoms with Gasteiger partial charge in [-0.25, -0.2) is 0 Å². The zero-order valence-electron chi connectivity index (χ0n) is 13.3. The second-order valence-electron chi connectivity index (χ2n) is 7.69. The van der Waals surface area contributed by atoms with Crippen LogP contribution in [0.1, 0.15) is 48.9 Å². The molecule has 1 aromatic heterocycles. The van der Waals surface area contributed by atoms with Crippen molar-refractivity contribution in [2.24, 2.45) is 23.2 Å². The molecule has 0 atom stereocenters. The molecule has 4 fully saturated rings. The van der Waals surface area contributed by atoms with Crippen molar-refractivity contribution in [2.45, 2.75) is 38.5 Å². The van der Waals surface area contributed by atoms with Crippen LogP contribution in [0.2, 0.25) is 5.15 Å². The predicted octanol–water partition coefficient (Wildman–Crippen LogP) is 3.08. The van der Waals surface area contributed by atoms with Gasteiger partial charge in [-0.05, 0) is 61.7 Å². The quantitative estimate of drug-likeness (QED) is 0.918. The highest BCUT2D eigenvalue weighted by atomic mass is 35.5. The minimum Gasteiger partial charge on any atom is -0.480 e. The summed E-state index contributed by atoms with van der Waals surface area (Å²) in [5.41, 5.74) is 0.643. The molecule has 0 radical (unpaired) electrons. The third kappa shape index (κ3) is 2.80. The van der Waals surface area contributed by atoms with Gasteiger partial charge in [0.25, 0.3) is 5.91 Å². The molecule has 1 aromatic rings. The Labute approximate surface area is 141 Å². The number of nitrogens with zero attached hydrogens (tertiary/aromatic N) is 2. The summed E-state index contributed by atoms with van der Waals surface area (Å²) in [5.74, 6) is 2.76. The van der Waals surface area contributed by atoms with Crippen molar-refractivity contribution < 1.29 is 9.53 Å². The van der Waals surface area contributed by atoms with Crippen LogP contribution in [0.25, 0.3) is 0 Å². The SMILES string of the molecule is COc1cc(C(=O)NCC23CC4CC(CC(C4)C2)C3)c(Cl)nn1. The van der Waals surface area contributed by atoms with E-state index < -0.39 is 0 Å². The Hall–Kier alpha value is -1.36. The van der Waals surface area contributed by atoms with Crippen molar-refractivity contribution in [3.63, 3.8) is 0 Å². The molecule has 5 rings (SSSR count). The number of hydrogen-bond acceptors (Lipinski definition) is 4. The second kappa shape index (κ2) is 5.62. The first kappa shape index (κ1) is 15.2. The van der Waals surface area contributed by atoms with Crippen molar-refractivity contribution in [3.05, 3.63) is 16.8 Å². The number of amides is 1. The Morgan fingerprint density at radius 1 is 1.26 bits per heavy atom. The van der Waals surface area contributed by atoms with Crippen molar-refractivity contribution in [3.8, 4) is 5.88 Å². The van der Waals surface area contributed by atoms with E-state index in [0.717, 1.165) is 24.3 Å². The van der Waals surface area contributed by atoms with Gasteiger partial charge in [-0.3, -0.25) is 4.79 Å². The van der Waals surface area contributed by atoms with Gasteiger partial charge in [0, 0.05) is 12.6 Å². The van der Waals surface area contributed by atoms with Gasteiger partial charge >= 0.3 is 0 Å². The van der Waals surface area contributed by atoms with E-state index >= 15 is 0 Å². The Morgan fingerprint density at radius 2 is 1.87 bits per heavy atom. The van der Waals surface area contributed by atoms with E-state index in [-0.39, 0.29) is 11.1 Å². The van der Waals surface area contributed by atoms with E-state index in [4.69, 9.17) is 16.3 Å². The first-order valence-corrected chi connectivity index (χ1v) is 8.80. The van der Waals surface area contributed by atoms with Crippen molar-refractivity contribution in [1.29, 1.82) is 0 Å². The summed E-state index contributed by atoms with van der Waals surface area (Å²) in [6, 6.07) is 1.55. The Morgan fingerprint density at radius 3 is 2.43 bits per heavy atom. The molecule has 0 aliphatic heterocycles. The number of carbonyl (C=O) groups excluding carboxylic acids is 1. The maximum Gasteiger partial charge on any atom is 0.254 e. The van der Waals surface area contributed by atoms with Crippen LogP contribution >= 0.6 is 11.6 Å². The number of methoxy groups -OCH3 is 1. The fourth-order valence-corrected chi connectivity index (χ4v) is 5.67. The Balaban J connectivity index is 1.46. The summed E-state index contributed by atoms with van der Waals surface area (Å²) in [5, 5.41) is 10.8. The van der Waals surface area contributed by atoms with E-state index in [1.165, 1.54) is 45.6 Å². The molecule has 5 nitrogen and oxygen atoms in total. The molecule has 6 heteroatoms. The van der Waals surface area contributed by atoms with Gasteiger partial charge in [-0.2, -0.15) is 0 Å². The molecule has 0 saturated heterocycles. The van der Waals surface area contributed by atoms with Gasteiger partial charge < -0.3 is 10.1 Å². The maximum absolute atomic E-state index is 12.5. The summed E-state index contributed by atoms with van der Waals surface area (Å²) in [7, 11) is 1.50. The van der Waals surface area contributed by atoms with E-state index in [2.05, 4.69) is 15.5 Å². The average Bonchev–Trinajstić information content (AvgIpc) is 2.52. The van der Waals surface area contributed by atoms with Crippen LogP contribution in [0.5, 0.6) is 5.88 Å². The molecule has 4 saturated carbocycles. The number of hydrogen-bond donors (Lipinski definition) is 1. The molecule has 1 amide bonds. The fraction of sp³-hybridized carbons (Fsp3) is 0.706. The summed E-state index contributed by atoms with van der Waals surface area (Å²) in [4.78, 5) is 12.5. The monoisotopic (exact) mass is 335 g/mol. The predicted molar refractivity (Wildman–Crippen MR) is 86.5 cm³/mol. The van der Waals surface area contributed by atoms with Crippen LogP contribution in [-0.4, -0.2) is 29.8 Å². The van der Waals surface area contributed by atoms with E-state index in [9.17, 15) is 4.79 Å². The number of carbonyl (C=O) groups is 1. The topological polar surface area (TPSA) is 64.1 Å². The van der Waals surface area contributed by atoms with Crippen molar-refractivity contribution in [1.82, 2.24) is 15.5 Å². The first-order valence-electron chi connectivity index (χ1n) is 8.42. The van der Waals surface area contributed by atoms with Crippen LogP contribution < -0.4 is 10.1 Å². The summed E-state index contributed by atoms with van der Waals surface area (Å²) < 4.78 is 5.03. The molecule has 4 bridgehead atoms. The molecule has 23 heavy (non-hydrogen) atoms. The van der Waals surface area contributed by atoms with E-state index in [1.54, 1.807) is 6.07 Å². The highest BCUT2D eigenvalue weighted by Gasteiger charge is 2.50. The first-order chi connectivity index (χ1) is 11.1. The normalized spacial score (nSPS) is 34.4. The highest BCUT2D eigenvalue weighted by Crippen LogP contribution is 2.59. The van der Waals surface area contributed by atoms with Crippen LogP contribution in [0, 0.1) is 23.2 Å². The van der Waals surface area contributed by atoms with Gasteiger partial charge in [-0.15, -0.1) is 10.2 Å². The van der Waals surface area contributed by atoms with Gasteiger partial charge in [0.05, 0.1) is 12.7 Å². The maximum atomic E-state index is 12.5. The van der Waals surface area contributed by atoms with E-state index in [0.29, 0.717) is 16.9 Å². The zero-order chi connectivity index (χ0) is 16.0. The minimum absolute atomic E-state index is 0.119. The van der Waals surface area contributed by atoms with Gasteiger partial charge in [0.2, 0.25) is 5.88 Å². The smallest absolute Gasteiger partial charge is 0.254 e. The lowest BCUT2D eigenvalue weighted by Crippen LogP contribution is -2.51. The molecule has 1 heterocycles. The number of rotatable bonds is 4. The molecule has 4 aliphatic rings. The number of ether oxygens (including phenoxy) is 1. The molecule has 0 aromatic carbocycles. The lowest BCUT2D eigenvalue weighted by molar-refractivity contribution is -0.0503. The molecule has 0 spiro atoms. The van der Waals surface area contributed by atoms with Crippen LogP contribution in [0.4, 0.5) is 0 Å². The third-order valence-corrected chi connectivity index (χ3v) is 6.25. The van der Waals surface area contributed by atoms with Crippen molar-refractivity contribution in [2.75, 3.05) is 13.7 Å². The minimum atomic E-state index is -0.182. The fourth-order valence-electron chi connectivity index (χ4n) is 5.49. The van der Waals surface area contributed by atoms with Gasteiger partial charge in [0.15, 0.2) is 5.15 Å². The summed E-state index contributed by atoms with van der Waals surface area (Å²) in [6.45, 7) is 0.746.